The Bertz CT molecular complexity index is 322. The van der Waals surface area contributed by atoms with Crippen LogP contribution in [0.2, 0.25) is 0 Å². The van der Waals surface area contributed by atoms with E-state index in [9.17, 15) is 0 Å². The van der Waals surface area contributed by atoms with Gasteiger partial charge in [-0.05, 0) is 49.3 Å². The summed E-state index contributed by atoms with van der Waals surface area (Å²) >= 11 is 0. The van der Waals surface area contributed by atoms with E-state index in [2.05, 4.69) is 18.2 Å². The first kappa shape index (κ1) is 9.69. The zero-order valence-corrected chi connectivity index (χ0v) is 8.62. The number of nitrogens with two attached hydrogens (primary N) is 1. The molecule has 0 bridgehead atoms. The lowest BCUT2D eigenvalue weighted by molar-refractivity contribution is 0.0656. The van der Waals surface area contributed by atoms with Crippen molar-refractivity contribution < 1.29 is 4.84 Å². The Hall–Kier alpha value is -0.860. The lowest BCUT2D eigenvalue weighted by Gasteiger charge is -2.21. The van der Waals surface area contributed by atoms with Crippen LogP contribution in [0.5, 0.6) is 0 Å². The highest BCUT2D eigenvalue weighted by atomic mass is 16.6. The summed E-state index contributed by atoms with van der Waals surface area (Å²) in [7, 11) is 0. The van der Waals surface area contributed by atoms with Crippen molar-refractivity contribution in [1.29, 1.82) is 0 Å². The summed E-state index contributed by atoms with van der Waals surface area (Å²) in [6.45, 7) is 2.00. The summed E-state index contributed by atoms with van der Waals surface area (Å²) in [5.74, 6) is 5.24. The highest BCUT2D eigenvalue weighted by Crippen LogP contribution is 2.28. The van der Waals surface area contributed by atoms with E-state index in [1.54, 1.807) is 0 Å². The van der Waals surface area contributed by atoms with Crippen LogP contribution in [0.4, 0.5) is 0 Å². The highest BCUT2D eigenvalue weighted by Gasteiger charge is 2.16. The molecule has 0 fully saturated rings. The first-order valence-corrected chi connectivity index (χ1v) is 5.29. The van der Waals surface area contributed by atoms with Gasteiger partial charge in [-0.2, -0.15) is 0 Å². The number of fused-ring (bicyclic) bond motifs is 1. The molecule has 1 unspecified atom stereocenters. The molecule has 2 heteroatoms. The van der Waals surface area contributed by atoms with Crippen LogP contribution in [0.25, 0.3) is 0 Å². The molecule has 1 aromatic rings. The van der Waals surface area contributed by atoms with Gasteiger partial charge in [-0.15, -0.1) is 0 Å². The van der Waals surface area contributed by atoms with Gasteiger partial charge < -0.3 is 0 Å². The van der Waals surface area contributed by atoms with Gasteiger partial charge in [0.05, 0.1) is 0 Å². The number of hydrogen-bond donors (Lipinski definition) is 1. The van der Waals surface area contributed by atoms with Crippen molar-refractivity contribution in [3.05, 3.63) is 34.9 Å². The van der Waals surface area contributed by atoms with E-state index in [4.69, 9.17) is 10.7 Å². The van der Waals surface area contributed by atoms with Crippen molar-refractivity contribution in [2.24, 2.45) is 5.90 Å². The molecule has 1 aliphatic rings. The molecule has 1 aliphatic carbocycles. The predicted molar refractivity (Wildman–Crippen MR) is 56.8 cm³/mol. The van der Waals surface area contributed by atoms with Crippen LogP contribution in [-0.4, -0.2) is 0 Å². The average molecular weight is 191 g/mol. The Balaban J connectivity index is 2.39. The van der Waals surface area contributed by atoms with E-state index < -0.39 is 0 Å². The number of rotatable bonds is 2. The van der Waals surface area contributed by atoms with Crippen LogP contribution in [0.1, 0.15) is 42.6 Å². The summed E-state index contributed by atoms with van der Waals surface area (Å²) < 4.78 is 0. The summed E-state index contributed by atoms with van der Waals surface area (Å²) in [4.78, 5) is 4.90. The van der Waals surface area contributed by atoms with E-state index in [1.165, 1.54) is 42.4 Å². The zero-order chi connectivity index (χ0) is 9.97. The van der Waals surface area contributed by atoms with Gasteiger partial charge in [-0.25, -0.2) is 5.90 Å². The molecule has 0 heterocycles. The molecule has 0 amide bonds. The summed E-state index contributed by atoms with van der Waals surface area (Å²) in [6, 6.07) is 6.46. The van der Waals surface area contributed by atoms with Crippen LogP contribution < -0.4 is 5.90 Å². The fourth-order valence-electron chi connectivity index (χ4n) is 2.27. The molecule has 2 N–H and O–H groups in total. The molecule has 0 spiro atoms. The zero-order valence-electron chi connectivity index (χ0n) is 8.62. The number of hydrogen-bond acceptors (Lipinski definition) is 2. The Morgan fingerprint density at radius 3 is 2.86 bits per heavy atom. The van der Waals surface area contributed by atoms with Gasteiger partial charge in [-0.1, -0.05) is 18.2 Å². The molecule has 2 rings (SSSR count). The fraction of sp³-hybridized carbons (Fsp3) is 0.500. The molecule has 14 heavy (non-hydrogen) atoms. The minimum atomic E-state index is 0.0167. The van der Waals surface area contributed by atoms with E-state index >= 15 is 0 Å². The molecule has 0 aliphatic heterocycles. The van der Waals surface area contributed by atoms with Gasteiger partial charge in [0, 0.05) is 0 Å². The Morgan fingerprint density at radius 2 is 2.07 bits per heavy atom. The van der Waals surface area contributed by atoms with Crippen LogP contribution >= 0.6 is 0 Å². The largest absolute Gasteiger partial charge is 0.297 e. The molecular weight excluding hydrogens is 174 g/mol. The maximum absolute atomic E-state index is 5.24. The van der Waals surface area contributed by atoms with E-state index in [-0.39, 0.29) is 6.10 Å². The molecule has 0 saturated heterocycles. The van der Waals surface area contributed by atoms with Crippen molar-refractivity contribution in [2.45, 2.75) is 38.7 Å². The van der Waals surface area contributed by atoms with Gasteiger partial charge in [0.2, 0.25) is 0 Å². The van der Waals surface area contributed by atoms with Gasteiger partial charge in [-0.3, -0.25) is 4.84 Å². The van der Waals surface area contributed by atoms with Crippen LogP contribution in [-0.2, 0) is 17.7 Å². The van der Waals surface area contributed by atoms with E-state index in [0.29, 0.717) is 0 Å². The fourth-order valence-corrected chi connectivity index (χ4v) is 2.27. The Kier molecular flexibility index (Phi) is 2.85. The monoisotopic (exact) mass is 191 g/mol. The van der Waals surface area contributed by atoms with Gasteiger partial charge >= 0.3 is 0 Å². The maximum Gasteiger partial charge on any atom is 0.101 e. The second kappa shape index (κ2) is 4.11. The van der Waals surface area contributed by atoms with Crippen molar-refractivity contribution >= 4 is 0 Å². The molecular formula is C12H17NO. The van der Waals surface area contributed by atoms with Crippen LogP contribution in [0.3, 0.4) is 0 Å². The quantitative estimate of drug-likeness (QED) is 0.729. The van der Waals surface area contributed by atoms with Crippen molar-refractivity contribution in [2.75, 3.05) is 0 Å². The minimum Gasteiger partial charge on any atom is -0.297 e. The number of benzene rings is 1. The summed E-state index contributed by atoms with van der Waals surface area (Å²) in [5.41, 5.74) is 4.22. The van der Waals surface area contributed by atoms with Gasteiger partial charge in [0.25, 0.3) is 0 Å². The molecule has 76 valence electrons. The van der Waals surface area contributed by atoms with Crippen LogP contribution in [0.15, 0.2) is 18.2 Å². The first-order chi connectivity index (χ1) is 6.83. The molecule has 0 radical (unpaired) electrons. The lowest BCUT2D eigenvalue weighted by atomic mass is 9.87. The third-order valence-electron chi connectivity index (χ3n) is 3.07. The van der Waals surface area contributed by atoms with E-state index in [0.717, 1.165) is 0 Å². The SMILES string of the molecule is CC(ON)c1cccc2c1CCCC2. The molecule has 2 nitrogen and oxygen atoms in total. The predicted octanol–water partition coefficient (Wildman–Crippen LogP) is 2.52. The Morgan fingerprint density at radius 1 is 1.29 bits per heavy atom. The molecule has 0 aromatic heterocycles. The third-order valence-corrected chi connectivity index (χ3v) is 3.07. The van der Waals surface area contributed by atoms with Crippen molar-refractivity contribution in [1.82, 2.24) is 0 Å². The smallest absolute Gasteiger partial charge is 0.101 e. The number of aryl methyl sites for hydroxylation is 1. The van der Waals surface area contributed by atoms with Crippen molar-refractivity contribution in [3.63, 3.8) is 0 Å². The summed E-state index contributed by atoms with van der Waals surface area (Å²) in [6.07, 6.45) is 5.01. The average Bonchev–Trinajstić information content (AvgIpc) is 2.27. The van der Waals surface area contributed by atoms with Gasteiger partial charge in [0.15, 0.2) is 0 Å². The molecule has 0 saturated carbocycles. The molecule has 1 atom stereocenters. The standard InChI is InChI=1S/C12H17NO/c1-9(14-13)11-8-4-6-10-5-2-3-7-12(10)11/h4,6,8-9H,2-3,5,7,13H2,1H3. The highest BCUT2D eigenvalue weighted by molar-refractivity contribution is 5.38. The summed E-state index contributed by atoms with van der Waals surface area (Å²) in [5, 5.41) is 0. The third kappa shape index (κ3) is 1.68. The Labute approximate surface area is 85.0 Å². The second-order valence-corrected chi connectivity index (χ2v) is 3.97. The van der Waals surface area contributed by atoms with Crippen molar-refractivity contribution in [3.8, 4) is 0 Å². The maximum atomic E-state index is 5.24. The second-order valence-electron chi connectivity index (χ2n) is 3.97. The first-order valence-electron chi connectivity index (χ1n) is 5.29. The van der Waals surface area contributed by atoms with Gasteiger partial charge in [0.1, 0.15) is 6.10 Å². The van der Waals surface area contributed by atoms with Crippen LogP contribution in [0, 0.1) is 0 Å². The lowest BCUT2D eigenvalue weighted by Crippen LogP contribution is -2.12. The van der Waals surface area contributed by atoms with E-state index in [1.807, 2.05) is 6.92 Å². The topological polar surface area (TPSA) is 35.2 Å². The minimum absolute atomic E-state index is 0.0167. The molecule has 1 aromatic carbocycles. The normalized spacial score (nSPS) is 17.6.